The van der Waals surface area contributed by atoms with Crippen molar-refractivity contribution in [1.82, 2.24) is 0 Å². The minimum atomic E-state index is -4.50. The predicted molar refractivity (Wildman–Crippen MR) is 72.2 cm³/mol. The smallest absolute Gasteiger partial charge is 0.305 e. The van der Waals surface area contributed by atoms with Crippen molar-refractivity contribution in [3.05, 3.63) is 58.4 Å². The maximum Gasteiger partial charge on any atom is 0.429 e. The second kappa shape index (κ2) is 6.81. The third kappa shape index (κ3) is 2.85. The molecule has 0 saturated carbocycles. The Hall–Kier alpha value is -2.54. The van der Waals surface area contributed by atoms with E-state index in [2.05, 4.69) is 9.69 Å². The van der Waals surface area contributed by atoms with Crippen LogP contribution in [0.1, 0.15) is 5.56 Å². The summed E-state index contributed by atoms with van der Waals surface area (Å²) in [5.74, 6) is -21.6. The average Bonchev–Trinajstić information content (AvgIpc) is 3.08. The number of benzene rings is 2. The van der Waals surface area contributed by atoms with Crippen molar-refractivity contribution in [2.24, 2.45) is 0 Å². The summed E-state index contributed by atoms with van der Waals surface area (Å²) in [7, 11) is 0.246. The first-order valence-corrected chi connectivity index (χ1v) is 7.07. The lowest BCUT2D eigenvalue weighted by atomic mass is 9.85. The van der Waals surface area contributed by atoms with Gasteiger partial charge in [0.05, 0.1) is 11.1 Å². The van der Waals surface area contributed by atoms with Gasteiger partial charge in [0.15, 0.2) is 40.6 Å². The van der Waals surface area contributed by atoms with Crippen molar-refractivity contribution in [2.75, 3.05) is 0 Å². The molecule has 147 valence electrons. The van der Waals surface area contributed by atoms with Crippen molar-refractivity contribution in [1.29, 1.82) is 0 Å². The quantitative estimate of drug-likeness (QED) is 0.252. The molecule has 0 bridgehead atoms. The Morgan fingerprint density at radius 1 is 0.786 bits per heavy atom. The second-order valence-electron chi connectivity index (χ2n) is 5.45. The fraction of sp³-hybridized carbons (Fsp3) is 0.133. The molecule has 1 heterocycles. The highest BCUT2D eigenvalue weighted by Crippen LogP contribution is 2.41. The highest BCUT2D eigenvalue weighted by Gasteiger charge is 2.53. The molecule has 0 N–H and O–H groups in total. The summed E-state index contributed by atoms with van der Waals surface area (Å²) < 4.78 is 124. The van der Waals surface area contributed by atoms with Crippen LogP contribution in [0.15, 0.2) is 12.1 Å². The minimum absolute atomic E-state index is 0.112. The average molecular weight is 413 g/mol. The first-order valence-electron chi connectivity index (χ1n) is 7.07. The molecule has 2 aromatic carbocycles. The molecule has 1 aliphatic rings. The van der Waals surface area contributed by atoms with Crippen LogP contribution in [0.25, 0.3) is 11.1 Å². The van der Waals surface area contributed by atoms with E-state index in [1.165, 1.54) is 0 Å². The van der Waals surface area contributed by atoms with E-state index in [0.717, 1.165) is 0 Å². The van der Waals surface area contributed by atoms with E-state index < -0.39 is 75.1 Å². The van der Waals surface area contributed by atoms with E-state index in [4.69, 9.17) is 0 Å². The first kappa shape index (κ1) is 20.2. The Morgan fingerprint density at radius 2 is 1.32 bits per heavy atom. The van der Waals surface area contributed by atoms with Crippen LogP contribution in [0.5, 0.6) is 0 Å². The van der Waals surface area contributed by atoms with Crippen LogP contribution in [0.4, 0.5) is 39.5 Å². The molecule has 0 aromatic heterocycles. The molecule has 1 radical (unpaired) electrons. The Kier molecular flexibility index (Phi) is 4.92. The van der Waals surface area contributed by atoms with Crippen LogP contribution >= 0.6 is 0 Å². The molecule has 3 nitrogen and oxygen atoms in total. The molecule has 1 aliphatic heterocycles. The first-order chi connectivity index (χ1) is 13.0. The number of rotatable bonds is 3. The van der Waals surface area contributed by atoms with Gasteiger partial charge in [-0.25, -0.2) is 35.6 Å². The summed E-state index contributed by atoms with van der Waals surface area (Å²) in [6.45, 7) is 0. The van der Waals surface area contributed by atoms with Crippen molar-refractivity contribution in [3.63, 3.8) is 0 Å². The second-order valence-corrected chi connectivity index (χ2v) is 5.45. The van der Waals surface area contributed by atoms with Crippen LogP contribution in [-0.2, 0) is 20.4 Å². The fourth-order valence-electron chi connectivity index (χ4n) is 2.46. The van der Waals surface area contributed by atoms with Crippen LogP contribution in [0, 0.1) is 40.7 Å². The highest BCUT2D eigenvalue weighted by molar-refractivity contribution is 6.70. The summed E-state index contributed by atoms with van der Waals surface area (Å²) in [5.41, 5.74) is -6.55. The summed E-state index contributed by atoms with van der Waals surface area (Å²) in [6.07, 6.45) is -2.68. The molecule has 0 spiro atoms. The van der Waals surface area contributed by atoms with Gasteiger partial charge >= 0.3 is 13.4 Å². The fourth-order valence-corrected chi connectivity index (χ4v) is 2.46. The van der Waals surface area contributed by atoms with Gasteiger partial charge in [0, 0.05) is 5.56 Å². The van der Waals surface area contributed by atoms with Crippen LogP contribution in [0.3, 0.4) is 0 Å². The Labute approximate surface area is 149 Å². The summed E-state index contributed by atoms with van der Waals surface area (Å²) in [6, 6.07) is 0.282. The van der Waals surface area contributed by atoms with E-state index in [-0.39, 0.29) is 19.6 Å². The highest BCUT2D eigenvalue weighted by atomic mass is 19.3. The summed E-state index contributed by atoms with van der Waals surface area (Å²) in [4.78, 5) is 19.1. The zero-order valence-corrected chi connectivity index (χ0v) is 12.9. The SMILES string of the molecule is O=C1[B]OOC1C(F)(F)c1ccc(-c2c(F)c(F)c(F)c(F)c2F)c(F)c1F. The van der Waals surface area contributed by atoms with Crippen LogP contribution in [-0.4, -0.2) is 19.3 Å². The van der Waals surface area contributed by atoms with E-state index in [0.29, 0.717) is 0 Å². The molecule has 3 rings (SSSR count). The Bertz CT molecular complexity index is 966. The minimum Gasteiger partial charge on any atom is -0.305 e. The number of halogens is 9. The van der Waals surface area contributed by atoms with Gasteiger partial charge in [0.2, 0.25) is 11.9 Å². The Morgan fingerprint density at radius 3 is 1.82 bits per heavy atom. The maximum atomic E-state index is 14.3. The van der Waals surface area contributed by atoms with Crippen molar-refractivity contribution < 1.29 is 54.0 Å². The lowest BCUT2D eigenvalue weighted by Gasteiger charge is -2.22. The van der Waals surface area contributed by atoms with Crippen LogP contribution in [0.2, 0.25) is 0 Å². The topological polar surface area (TPSA) is 35.5 Å². The predicted octanol–water partition coefficient (Wildman–Crippen LogP) is 3.90. The standard InChI is InChI=1S/C15H3BF9O3/c17-6-3(5-8(19)10(21)12(23)11(22)9(5)20)1-2-4(7(6)18)15(24,25)13-14(26)16-28-27-13/h1-2,13H. The van der Waals surface area contributed by atoms with Crippen LogP contribution < -0.4 is 0 Å². The molecule has 2 aromatic rings. The van der Waals surface area contributed by atoms with Gasteiger partial charge < -0.3 is 4.79 Å². The molecule has 13 heteroatoms. The molecule has 1 fully saturated rings. The zero-order valence-electron chi connectivity index (χ0n) is 12.9. The summed E-state index contributed by atoms with van der Waals surface area (Å²) in [5, 5.41) is 0. The lowest BCUT2D eigenvalue weighted by Crippen LogP contribution is -2.37. The van der Waals surface area contributed by atoms with E-state index in [1.54, 1.807) is 0 Å². The number of hydrogen-bond donors (Lipinski definition) is 0. The van der Waals surface area contributed by atoms with Gasteiger partial charge in [-0.05, 0) is 6.07 Å². The molecule has 1 unspecified atom stereocenters. The molecular weight excluding hydrogens is 410 g/mol. The van der Waals surface area contributed by atoms with Gasteiger partial charge in [-0.3, -0.25) is 4.81 Å². The maximum absolute atomic E-state index is 14.3. The summed E-state index contributed by atoms with van der Waals surface area (Å²) >= 11 is 0. The van der Waals surface area contributed by atoms with E-state index in [1.807, 2.05) is 0 Å². The molecule has 1 atom stereocenters. The van der Waals surface area contributed by atoms with E-state index >= 15 is 0 Å². The molecule has 1 saturated heterocycles. The van der Waals surface area contributed by atoms with Gasteiger partial charge in [-0.15, -0.1) is 0 Å². The lowest BCUT2D eigenvalue weighted by molar-refractivity contribution is -0.272. The zero-order chi connectivity index (χ0) is 21.0. The monoisotopic (exact) mass is 413 g/mol. The number of alkyl halides is 2. The number of carbonyl (C=O) groups excluding carboxylic acids is 1. The van der Waals surface area contributed by atoms with Crippen molar-refractivity contribution in [3.8, 4) is 11.1 Å². The van der Waals surface area contributed by atoms with E-state index in [9.17, 15) is 44.3 Å². The van der Waals surface area contributed by atoms with Crippen molar-refractivity contribution in [2.45, 2.75) is 12.0 Å². The number of carbonyl (C=O) groups is 1. The molecular formula is C15H3BF9O3. The van der Waals surface area contributed by atoms with Gasteiger partial charge in [-0.2, -0.15) is 8.78 Å². The largest absolute Gasteiger partial charge is 0.429 e. The Balaban J connectivity index is 2.19. The number of hydrogen-bond acceptors (Lipinski definition) is 3. The molecule has 0 amide bonds. The van der Waals surface area contributed by atoms with Gasteiger partial charge in [0.25, 0.3) is 0 Å². The third-order valence-electron chi connectivity index (χ3n) is 3.82. The van der Waals surface area contributed by atoms with Gasteiger partial charge in [0.1, 0.15) is 0 Å². The third-order valence-corrected chi connectivity index (χ3v) is 3.82. The molecule has 0 aliphatic carbocycles. The van der Waals surface area contributed by atoms with Crippen molar-refractivity contribution >= 4 is 13.2 Å². The molecule has 28 heavy (non-hydrogen) atoms. The van der Waals surface area contributed by atoms with Gasteiger partial charge in [-0.1, -0.05) is 6.07 Å². The normalized spacial score (nSPS) is 17.2.